The molecule has 0 radical (unpaired) electrons. The van der Waals surface area contributed by atoms with Gasteiger partial charge in [0.2, 0.25) is 5.71 Å². The fourth-order valence-corrected chi connectivity index (χ4v) is 2.28. The second kappa shape index (κ2) is 5.12. The third-order valence-electron chi connectivity index (χ3n) is 2.99. The van der Waals surface area contributed by atoms with E-state index in [1.165, 1.54) is 0 Å². The van der Waals surface area contributed by atoms with Crippen molar-refractivity contribution in [2.24, 2.45) is 5.73 Å². The van der Waals surface area contributed by atoms with E-state index in [1.54, 1.807) is 0 Å². The quantitative estimate of drug-likeness (QED) is 0.411. The highest BCUT2D eigenvalue weighted by Gasteiger charge is 2.28. The molecule has 5 heteroatoms. The van der Waals surface area contributed by atoms with Crippen molar-refractivity contribution in [3.8, 4) is 11.1 Å². The molecule has 0 spiro atoms. The van der Waals surface area contributed by atoms with E-state index in [2.05, 4.69) is 22.7 Å². The molecule has 2 amide bonds. The average Bonchev–Trinajstić information content (AvgIpc) is 2.71. The number of fused-ring (bicyclic) bond motifs is 3. The van der Waals surface area contributed by atoms with Gasteiger partial charge in [0.05, 0.1) is 11.1 Å². The highest BCUT2D eigenvalue weighted by Crippen LogP contribution is 2.34. The van der Waals surface area contributed by atoms with E-state index in [4.69, 9.17) is 5.73 Å². The smallest absolute Gasteiger partial charge is 0.365 e. The van der Waals surface area contributed by atoms with Gasteiger partial charge in [0.15, 0.2) is 0 Å². The molecule has 0 aromatic heterocycles. The number of nitrogens with two attached hydrogens (primary N) is 1. The number of hydrazone groups is 1. The van der Waals surface area contributed by atoms with Crippen LogP contribution in [0.2, 0.25) is 0 Å². The summed E-state index contributed by atoms with van der Waals surface area (Å²) in [7, 11) is 0. The third-order valence-corrected chi connectivity index (χ3v) is 2.99. The second-order valence-electron chi connectivity index (χ2n) is 4.08. The summed E-state index contributed by atoms with van der Waals surface area (Å²) in [6.45, 7) is 0. The first-order valence-corrected chi connectivity index (χ1v) is 5.65. The number of amides is 2. The van der Waals surface area contributed by atoms with Gasteiger partial charge in [0, 0.05) is 0 Å². The van der Waals surface area contributed by atoms with E-state index in [9.17, 15) is 4.79 Å². The Morgan fingerprint density at radius 2 is 1.32 bits per heavy atom. The first-order valence-electron chi connectivity index (χ1n) is 5.65. The molecule has 0 saturated carbocycles. The Balaban J connectivity index is 0.00000133. The van der Waals surface area contributed by atoms with Gasteiger partial charge in [0.1, 0.15) is 0 Å². The number of carbonyl (C=O) groups excluding carboxylic acids is 1. The van der Waals surface area contributed by atoms with Crippen molar-refractivity contribution < 1.29 is 22.3 Å². The number of primary amides is 1. The molecule has 0 heterocycles. The van der Waals surface area contributed by atoms with Crippen LogP contribution in [-0.2, 0) is 0 Å². The Bertz CT molecular complexity index is 620. The number of hydrazine groups is 1. The normalized spacial score (nSPS) is 11.1. The van der Waals surface area contributed by atoms with E-state index < -0.39 is 6.03 Å². The maximum atomic E-state index is 10.8. The largest absolute Gasteiger partial charge is 1.00 e. The number of hydrogen-bond donors (Lipinski definition) is 3. The van der Waals surface area contributed by atoms with Crippen molar-refractivity contribution in [1.82, 2.24) is 5.43 Å². The Morgan fingerprint density at radius 3 is 1.74 bits per heavy atom. The molecule has 0 bridgehead atoms. The first-order chi connectivity index (χ1) is 8.77. The van der Waals surface area contributed by atoms with Gasteiger partial charge in [-0.05, 0) is 23.3 Å². The van der Waals surface area contributed by atoms with Crippen LogP contribution in [0.1, 0.15) is 11.1 Å². The SMILES string of the molecule is NC(=O)N[NH+]=C1c2ccccc2-c2ccccc21.[Cl-]. The van der Waals surface area contributed by atoms with Crippen LogP contribution in [0.4, 0.5) is 4.79 Å². The van der Waals surface area contributed by atoms with Crippen LogP contribution < -0.4 is 28.7 Å². The predicted octanol–water partition coefficient (Wildman–Crippen LogP) is -2.83. The van der Waals surface area contributed by atoms with Gasteiger partial charge in [-0.15, -0.1) is 10.5 Å². The Hall–Kier alpha value is -2.33. The van der Waals surface area contributed by atoms with Crippen molar-refractivity contribution in [3.05, 3.63) is 59.7 Å². The average molecular weight is 274 g/mol. The topological polar surface area (TPSA) is 69.1 Å². The van der Waals surface area contributed by atoms with E-state index in [0.717, 1.165) is 28.0 Å². The van der Waals surface area contributed by atoms with Crippen LogP contribution in [-0.4, -0.2) is 11.7 Å². The van der Waals surface area contributed by atoms with E-state index in [-0.39, 0.29) is 12.4 Å². The lowest BCUT2D eigenvalue weighted by molar-refractivity contribution is -0.506. The molecule has 96 valence electrons. The summed E-state index contributed by atoms with van der Waals surface area (Å²) in [6.07, 6.45) is 0. The van der Waals surface area contributed by atoms with Crippen LogP contribution in [0.5, 0.6) is 0 Å². The Labute approximate surface area is 116 Å². The lowest BCUT2D eigenvalue weighted by Gasteiger charge is -1.95. The lowest BCUT2D eigenvalue weighted by atomic mass is 10.1. The number of benzene rings is 2. The second-order valence-corrected chi connectivity index (χ2v) is 4.08. The van der Waals surface area contributed by atoms with Crippen LogP contribution in [0.3, 0.4) is 0 Å². The summed E-state index contributed by atoms with van der Waals surface area (Å²) < 4.78 is 0. The molecule has 0 fully saturated rings. The van der Waals surface area contributed by atoms with Gasteiger partial charge in [-0.25, -0.2) is 4.79 Å². The Morgan fingerprint density at radius 1 is 0.895 bits per heavy atom. The number of rotatable bonds is 1. The van der Waals surface area contributed by atoms with Gasteiger partial charge < -0.3 is 18.1 Å². The highest BCUT2D eigenvalue weighted by atomic mass is 35.5. The fraction of sp³-hybridized carbons (Fsp3) is 0. The van der Waals surface area contributed by atoms with Crippen LogP contribution in [0.25, 0.3) is 11.1 Å². The minimum Gasteiger partial charge on any atom is -1.00 e. The van der Waals surface area contributed by atoms with Crippen molar-refractivity contribution in [2.45, 2.75) is 0 Å². The molecule has 0 unspecified atom stereocenters. The first kappa shape index (κ1) is 13.1. The van der Waals surface area contributed by atoms with E-state index >= 15 is 0 Å². The van der Waals surface area contributed by atoms with Crippen molar-refractivity contribution >= 4 is 11.7 Å². The van der Waals surface area contributed by atoms with Crippen LogP contribution >= 0.6 is 0 Å². The molecule has 4 nitrogen and oxygen atoms in total. The minimum absolute atomic E-state index is 0. The molecule has 2 aromatic carbocycles. The summed E-state index contributed by atoms with van der Waals surface area (Å²) in [4.78, 5) is 10.8. The Kier molecular flexibility index (Phi) is 3.53. The number of carbonyl (C=O) groups is 1. The molecular weight excluding hydrogens is 262 g/mol. The maximum absolute atomic E-state index is 10.8. The summed E-state index contributed by atoms with van der Waals surface area (Å²) >= 11 is 0. The van der Waals surface area contributed by atoms with Crippen LogP contribution in [0.15, 0.2) is 48.5 Å². The lowest BCUT2D eigenvalue weighted by Crippen LogP contribution is -3.00. The number of hydrogen-bond acceptors (Lipinski definition) is 1. The van der Waals surface area contributed by atoms with E-state index in [1.807, 2.05) is 36.4 Å². The van der Waals surface area contributed by atoms with Crippen LogP contribution in [0, 0.1) is 0 Å². The molecule has 0 saturated heterocycles. The van der Waals surface area contributed by atoms with Crippen molar-refractivity contribution in [2.75, 3.05) is 0 Å². The summed E-state index contributed by atoms with van der Waals surface area (Å²) in [5, 5.41) is 2.89. The molecule has 0 aliphatic heterocycles. The minimum atomic E-state index is -0.607. The summed E-state index contributed by atoms with van der Waals surface area (Å²) in [6, 6.07) is 15.5. The molecular formula is C14H12ClN3O. The fourth-order valence-electron chi connectivity index (χ4n) is 2.28. The molecule has 19 heavy (non-hydrogen) atoms. The number of nitrogens with one attached hydrogen (secondary N) is 2. The van der Waals surface area contributed by atoms with Crippen molar-refractivity contribution in [3.63, 3.8) is 0 Å². The molecule has 4 N–H and O–H groups in total. The third kappa shape index (κ3) is 2.18. The molecule has 0 atom stereocenters. The van der Waals surface area contributed by atoms with Gasteiger partial charge in [-0.3, -0.25) is 0 Å². The predicted molar refractivity (Wildman–Crippen MR) is 68.8 cm³/mol. The van der Waals surface area contributed by atoms with Gasteiger partial charge in [-0.2, -0.15) is 0 Å². The zero-order valence-electron chi connectivity index (χ0n) is 9.98. The zero-order chi connectivity index (χ0) is 12.5. The molecule has 1 aliphatic rings. The molecule has 2 aromatic rings. The molecule has 3 rings (SSSR count). The van der Waals surface area contributed by atoms with E-state index in [0.29, 0.717) is 0 Å². The summed E-state index contributed by atoms with van der Waals surface area (Å²) in [5.41, 5.74) is 12.8. The summed E-state index contributed by atoms with van der Waals surface area (Å²) in [5.74, 6) is 0. The number of urea groups is 1. The van der Waals surface area contributed by atoms with Gasteiger partial charge >= 0.3 is 6.03 Å². The highest BCUT2D eigenvalue weighted by molar-refractivity contribution is 6.21. The number of halogens is 1. The standard InChI is InChI=1S/C14H11N3O.ClH/c15-14(18)17-16-13-11-7-3-1-5-9(11)10-6-2-4-8-12(10)13;/h1-8H,(H3,15,17,18);1H. The van der Waals surface area contributed by atoms with Gasteiger partial charge in [-0.1, -0.05) is 36.4 Å². The monoisotopic (exact) mass is 273 g/mol. The molecule has 1 aliphatic carbocycles. The maximum Gasteiger partial charge on any atom is 0.365 e. The zero-order valence-corrected chi connectivity index (χ0v) is 10.7. The van der Waals surface area contributed by atoms with Gasteiger partial charge in [0.25, 0.3) is 0 Å². The van der Waals surface area contributed by atoms with Crippen molar-refractivity contribution in [1.29, 1.82) is 0 Å².